The van der Waals surface area contributed by atoms with Gasteiger partial charge in [-0.1, -0.05) is 0 Å². The molecule has 1 N–H and O–H groups in total. The molecule has 0 atom stereocenters. The molecule has 2 aromatic rings. The van der Waals surface area contributed by atoms with Gasteiger partial charge in [0, 0.05) is 30.7 Å². The lowest BCUT2D eigenvalue weighted by molar-refractivity contribution is -0.0255. The molecule has 2 saturated heterocycles. The first-order valence-corrected chi connectivity index (χ1v) is 10.6. The van der Waals surface area contributed by atoms with Crippen molar-refractivity contribution in [3.05, 3.63) is 23.8 Å². The van der Waals surface area contributed by atoms with Crippen LogP contribution in [0.2, 0.25) is 0 Å². The number of aromatic nitrogens is 2. The van der Waals surface area contributed by atoms with Gasteiger partial charge in [0.25, 0.3) is 5.91 Å². The second kappa shape index (κ2) is 7.57. The molecule has 134 valence electrons. The Balaban J connectivity index is 1.47. The predicted octanol–water partition coefficient (Wildman–Crippen LogP) is 2.02. The van der Waals surface area contributed by atoms with Gasteiger partial charge in [0.15, 0.2) is 0 Å². The summed E-state index contributed by atoms with van der Waals surface area (Å²) in [5.41, 5.74) is 2.35. The van der Waals surface area contributed by atoms with Gasteiger partial charge in [0.05, 0.1) is 24.9 Å². The summed E-state index contributed by atoms with van der Waals surface area (Å²) in [7, 11) is 0. The maximum absolute atomic E-state index is 12.7. The first-order valence-electron chi connectivity index (χ1n) is 8.68. The smallest absolute Gasteiger partial charge is 0.251 e. The number of nitrogens with zero attached hydrogens (tertiary/aromatic N) is 3. The van der Waals surface area contributed by atoms with Gasteiger partial charge < -0.3 is 10.1 Å². The number of carbonyl (C=O) groups is 1. The molecule has 0 unspecified atom stereocenters. The highest BCUT2D eigenvalue weighted by Crippen LogP contribution is 2.32. The molecule has 0 saturated carbocycles. The molecule has 3 heterocycles. The van der Waals surface area contributed by atoms with Crippen molar-refractivity contribution in [3.8, 4) is 0 Å². The molecule has 2 aliphatic heterocycles. The number of carbonyl (C=O) groups excluding carboxylic acids is 1. The van der Waals surface area contributed by atoms with Crippen molar-refractivity contribution in [1.82, 2.24) is 19.0 Å². The topological polar surface area (TPSA) is 67.4 Å². The van der Waals surface area contributed by atoms with Gasteiger partial charge in [-0.25, -0.2) is 0 Å². The third-order valence-corrected chi connectivity index (χ3v) is 6.74. The average molecular weight is 379 g/mol. The zero-order valence-corrected chi connectivity index (χ0v) is 15.7. The van der Waals surface area contributed by atoms with Crippen molar-refractivity contribution in [2.45, 2.75) is 18.4 Å². The highest BCUT2D eigenvalue weighted by atomic mass is 32.2. The summed E-state index contributed by atoms with van der Waals surface area (Å²) in [5, 5.41) is 3.19. The van der Waals surface area contributed by atoms with Crippen LogP contribution in [0.1, 0.15) is 23.2 Å². The molecule has 0 bridgehead atoms. The SMILES string of the molecule is O=C(NCC1(N2CCOCC2)CCSCC1)c1ccc2nsnc2c1. The van der Waals surface area contributed by atoms with E-state index in [1.54, 1.807) is 0 Å². The first-order chi connectivity index (χ1) is 12.3. The normalized spacial score (nSPS) is 21.3. The maximum atomic E-state index is 12.7. The standard InChI is InChI=1S/C17H22N4O2S2/c22-16(13-1-2-14-15(11-13)20-25-19-14)18-12-17(3-9-24-10-4-17)21-5-7-23-8-6-21/h1-2,11H,3-10,12H2,(H,18,22). The van der Waals surface area contributed by atoms with E-state index < -0.39 is 0 Å². The summed E-state index contributed by atoms with van der Waals surface area (Å²) in [4.78, 5) is 15.2. The van der Waals surface area contributed by atoms with E-state index in [-0.39, 0.29) is 11.4 Å². The van der Waals surface area contributed by atoms with Gasteiger partial charge in [-0.15, -0.1) is 0 Å². The summed E-state index contributed by atoms with van der Waals surface area (Å²) in [5.74, 6) is 2.29. The number of hydrogen-bond acceptors (Lipinski definition) is 7. The fourth-order valence-corrected chi connectivity index (χ4v) is 5.43. The van der Waals surface area contributed by atoms with Crippen molar-refractivity contribution < 1.29 is 9.53 Å². The Hall–Kier alpha value is -1.22. The fraction of sp³-hybridized carbons (Fsp3) is 0.588. The third kappa shape index (κ3) is 3.67. The molecule has 1 aromatic carbocycles. The van der Waals surface area contributed by atoms with E-state index in [1.165, 1.54) is 11.7 Å². The van der Waals surface area contributed by atoms with Crippen molar-refractivity contribution in [2.24, 2.45) is 0 Å². The van der Waals surface area contributed by atoms with E-state index in [1.807, 2.05) is 30.0 Å². The Morgan fingerprint density at radius 3 is 2.76 bits per heavy atom. The molecule has 4 rings (SSSR count). The van der Waals surface area contributed by atoms with Crippen LogP contribution in [0, 0.1) is 0 Å². The highest BCUT2D eigenvalue weighted by Gasteiger charge is 2.39. The van der Waals surface area contributed by atoms with E-state index >= 15 is 0 Å². The number of thioether (sulfide) groups is 1. The Morgan fingerprint density at radius 2 is 1.96 bits per heavy atom. The molecular weight excluding hydrogens is 356 g/mol. The fourth-order valence-electron chi connectivity index (χ4n) is 3.66. The summed E-state index contributed by atoms with van der Waals surface area (Å²) < 4.78 is 13.9. The van der Waals surface area contributed by atoms with Crippen LogP contribution in [0.15, 0.2) is 18.2 Å². The number of benzene rings is 1. The summed E-state index contributed by atoms with van der Waals surface area (Å²) >= 11 is 3.18. The monoisotopic (exact) mass is 378 g/mol. The van der Waals surface area contributed by atoms with Crippen LogP contribution in [0.5, 0.6) is 0 Å². The lowest BCUT2D eigenvalue weighted by Gasteiger charge is -2.48. The summed E-state index contributed by atoms with van der Waals surface area (Å²) in [6, 6.07) is 5.52. The second-order valence-electron chi connectivity index (χ2n) is 6.59. The quantitative estimate of drug-likeness (QED) is 0.878. The number of rotatable bonds is 4. The molecule has 25 heavy (non-hydrogen) atoms. The van der Waals surface area contributed by atoms with Crippen LogP contribution < -0.4 is 5.32 Å². The van der Waals surface area contributed by atoms with Crippen molar-refractivity contribution in [3.63, 3.8) is 0 Å². The van der Waals surface area contributed by atoms with E-state index in [0.717, 1.165) is 61.7 Å². The molecule has 6 nitrogen and oxygen atoms in total. The molecule has 0 aliphatic carbocycles. The molecule has 2 fully saturated rings. The second-order valence-corrected chi connectivity index (χ2v) is 8.34. The summed E-state index contributed by atoms with van der Waals surface area (Å²) in [6.45, 7) is 4.18. The number of morpholine rings is 1. The van der Waals surface area contributed by atoms with E-state index in [0.29, 0.717) is 12.1 Å². The van der Waals surface area contributed by atoms with Crippen molar-refractivity contribution in [1.29, 1.82) is 0 Å². The zero-order chi connectivity index (χ0) is 17.1. The Kier molecular flexibility index (Phi) is 5.21. The molecule has 2 aliphatic rings. The van der Waals surface area contributed by atoms with Crippen LogP contribution in [-0.4, -0.2) is 69.4 Å². The minimum Gasteiger partial charge on any atom is -0.379 e. The lowest BCUT2D eigenvalue weighted by Crippen LogP contribution is -2.60. The Morgan fingerprint density at radius 1 is 1.20 bits per heavy atom. The number of nitrogens with one attached hydrogen (secondary N) is 1. The minimum absolute atomic E-state index is 0.0271. The maximum Gasteiger partial charge on any atom is 0.251 e. The Bertz CT molecular complexity index is 739. The number of fused-ring (bicyclic) bond motifs is 1. The van der Waals surface area contributed by atoms with Gasteiger partial charge in [0.2, 0.25) is 0 Å². The lowest BCUT2D eigenvalue weighted by atomic mass is 9.89. The molecule has 0 spiro atoms. The first kappa shape index (κ1) is 17.2. The molecule has 1 amide bonds. The van der Waals surface area contributed by atoms with Gasteiger partial charge in [0.1, 0.15) is 11.0 Å². The molecule has 1 aromatic heterocycles. The minimum atomic E-state index is -0.0271. The van der Waals surface area contributed by atoms with Gasteiger partial charge in [-0.3, -0.25) is 9.69 Å². The van der Waals surface area contributed by atoms with Crippen LogP contribution in [0.25, 0.3) is 11.0 Å². The predicted molar refractivity (Wildman–Crippen MR) is 101 cm³/mol. The highest BCUT2D eigenvalue weighted by molar-refractivity contribution is 7.99. The van der Waals surface area contributed by atoms with Crippen LogP contribution >= 0.6 is 23.5 Å². The number of amides is 1. The van der Waals surface area contributed by atoms with Crippen LogP contribution in [-0.2, 0) is 4.74 Å². The van der Waals surface area contributed by atoms with Crippen molar-refractivity contribution >= 4 is 40.4 Å². The van der Waals surface area contributed by atoms with E-state index in [4.69, 9.17) is 4.74 Å². The van der Waals surface area contributed by atoms with E-state index in [2.05, 4.69) is 19.0 Å². The third-order valence-electron chi connectivity index (χ3n) is 5.20. The van der Waals surface area contributed by atoms with Gasteiger partial charge in [-0.2, -0.15) is 20.5 Å². The van der Waals surface area contributed by atoms with Gasteiger partial charge >= 0.3 is 0 Å². The van der Waals surface area contributed by atoms with E-state index in [9.17, 15) is 4.79 Å². The zero-order valence-electron chi connectivity index (χ0n) is 14.1. The molecule has 0 radical (unpaired) electrons. The van der Waals surface area contributed by atoms with Crippen molar-refractivity contribution in [2.75, 3.05) is 44.4 Å². The molecule has 8 heteroatoms. The summed E-state index contributed by atoms with van der Waals surface area (Å²) in [6.07, 6.45) is 2.24. The average Bonchev–Trinajstić information content (AvgIpc) is 3.15. The number of hydrogen-bond donors (Lipinski definition) is 1. The number of ether oxygens (including phenoxy) is 1. The van der Waals surface area contributed by atoms with Crippen LogP contribution in [0.4, 0.5) is 0 Å². The van der Waals surface area contributed by atoms with Gasteiger partial charge in [-0.05, 0) is 42.5 Å². The molecular formula is C17H22N4O2S2. The van der Waals surface area contributed by atoms with Crippen LogP contribution in [0.3, 0.4) is 0 Å². The largest absolute Gasteiger partial charge is 0.379 e. The Labute approximate surface area is 155 Å².